The zero-order chi connectivity index (χ0) is 14.5. The van der Waals surface area contributed by atoms with Gasteiger partial charge in [0.15, 0.2) is 0 Å². The summed E-state index contributed by atoms with van der Waals surface area (Å²) in [7, 11) is 0. The lowest BCUT2D eigenvalue weighted by atomic mass is 9.80. The van der Waals surface area contributed by atoms with E-state index in [0.29, 0.717) is 23.9 Å². The molecule has 0 saturated heterocycles. The second kappa shape index (κ2) is 7.64. The lowest BCUT2D eigenvalue weighted by Gasteiger charge is -2.30. The molecule has 20 heavy (non-hydrogen) atoms. The Morgan fingerprint density at radius 3 is 2.75 bits per heavy atom. The van der Waals surface area contributed by atoms with Gasteiger partial charge in [-0.3, -0.25) is 4.79 Å². The van der Waals surface area contributed by atoms with Gasteiger partial charge in [0.1, 0.15) is 5.75 Å². The third-order valence-electron chi connectivity index (χ3n) is 3.99. The first kappa shape index (κ1) is 16.1. The SMILES string of the molecule is O=C(NCC1CCCCC1CBr)c1cc(I)ccc1O. The quantitative estimate of drug-likeness (QED) is 0.538. The molecule has 2 rings (SSSR count). The molecule has 0 heterocycles. The molecular weight excluding hydrogens is 433 g/mol. The Morgan fingerprint density at radius 1 is 1.35 bits per heavy atom. The van der Waals surface area contributed by atoms with Crippen molar-refractivity contribution in [2.75, 3.05) is 11.9 Å². The van der Waals surface area contributed by atoms with Gasteiger partial charge < -0.3 is 10.4 Å². The van der Waals surface area contributed by atoms with E-state index in [0.717, 1.165) is 8.90 Å². The molecule has 1 fully saturated rings. The van der Waals surface area contributed by atoms with Crippen molar-refractivity contribution in [3.8, 4) is 5.75 Å². The van der Waals surface area contributed by atoms with Crippen LogP contribution in [-0.4, -0.2) is 22.9 Å². The summed E-state index contributed by atoms with van der Waals surface area (Å²) in [6.45, 7) is 0.694. The van der Waals surface area contributed by atoms with Gasteiger partial charge in [0.25, 0.3) is 5.91 Å². The summed E-state index contributed by atoms with van der Waals surface area (Å²) in [5.41, 5.74) is 0.364. The van der Waals surface area contributed by atoms with Crippen LogP contribution in [0.3, 0.4) is 0 Å². The molecule has 5 heteroatoms. The molecule has 1 aromatic carbocycles. The summed E-state index contributed by atoms with van der Waals surface area (Å²) in [6, 6.07) is 5.07. The fourth-order valence-electron chi connectivity index (χ4n) is 2.77. The zero-order valence-electron chi connectivity index (χ0n) is 11.2. The molecule has 0 spiro atoms. The van der Waals surface area contributed by atoms with Crippen LogP contribution < -0.4 is 5.32 Å². The summed E-state index contributed by atoms with van der Waals surface area (Å²) in [5.74, 6) is 1.05. The number of hydrogen-bond acceptors (Lipinski definition) is 2. The highest BCUT2D eigenvalue weighted by Crippen LogP contribution is 2.31. The molecule has 1 aliphatic carbocycles. The molecule has 0 aliphatic heterocycles. The number of rotatable bonds is 4. The van der Waals surface area contributed by atoms with E-state index < -0.39 is 0 Å². The summed E-state index contributed by atoms with van der Waals surface area (Å²) >= 11 is 5.71. The lowest BCUT2D eigenvalue weighted by Crippen LogP contribution is -2.34. The third kappa shape index (κ3) is 4.10. The number of hydrogen-bond donors (Lipinski definition) is 2. The Morgan fingerprint density at radius 2 is 2.05 bits per heavy atom. The highest BCUT2D eigenvalue weighted by molar-refractivity contribution is 14.1. The maximum Gasteiger partial charge on any atom is 0.255 e. The summed E-state index contributed by atoms with van der Waals surface area (Å²) < 4.78 is 0.946. The highest BCUT2D eigenvalue weighted by atomic mass is 127. The van der Waals surface area contributed by atoms with E-state index >= 15 is 0 Å². The number of carbonyl (C=O) groups is 1. The minimum absolute atomic E-state index is 0.0450. The third-order valence-corrected chi connectivity index (χ3v) is 5.50. The number of alkyl halides is 1. The van der Waals surface area contributed by atoms with Crippen molar-refractivity contribution in [3.63, 3.8) is 0 Å². The van der Waals surface area contributed by atoms with Crippen LogP contribution in [0.25, 0.3) is 0 Å². The van der Waals surface area contributed by atoms with Crippen molar-refractivity contribution in [3.05, 3.63) is 27.3 Å². The van der Waals surface area contributed by atoms with Gasteiger partial charge in [-0.1, -0.05) is 28.8 Å². The van der Waals surface area contributed by atoms with E-state index in [9.17, 15) is 9.90 Å². The summed E-state index contributed by atoms with van der Waals surface area (Å²) in [6.07, 6.45) is 4.95. The first-order chi connectivity index (χ1) is 9.61. The van der Waals surface area contributed by atoms with Crippen molar-refractivity contribution < 1.29 is 9.90 Å². The van der Waals surface area contributed by atoms with E-state index in [1.165, 1.54) is 25.7 Å². The number of amides is 1. The Kier molecular flexibility index (Phi) is 6.14. The van der Waals surface area contributed by atoms with Crippen LogP contribution in [-0.2, 0) is 0 Å². The minimum Gasteiger partial charge on any atom is -0.507 e. The van der Waals surface area contributed by atoms with Crippen LogP contribution >= 0.6 is 38.5 Å². The molecule has 0 radical (unpaired) electrons. The van der Waals surface area contributed by atoms with Gasteiger partial charge in [0.2, 0.25) is 0 Å². The largest absolute Gasteiger partial charge is 0.507 e. The number of benzene rings is 1. The number of nitrogens with one attached hydrogen (secondary N) is 1. The first-order valence-corrected chi connectivity index (χ1v) is 9.14. The predicted molar refractivity (Wildman–Crippen MR) is 92.4 cm³/mol. The normalized spacial score (nSPS) is 22.5. The van der Waals surface area contributed by atoms with E-state index in [4.69, 9.17) is 0 Å². The summed E-state index contributed by atoms with van der Waals surface area (Å²) in [4.78, 5) is 12.2. The first-order valence-electron chi connectivity index (χ1n) is 6.94. The number of phenols is 1. The number of carbonyl (C=O) groups excluding carboxylic acids is 1. The van der Waals surface area contributed by atoms with Gasteiger partial charge in [-0.25, -0.2) is 0 Å². The molecule has 2 unspecified atom stereocenters. The maximum absolute atomic E-state index is 12.2. The van der Waals surface area contributed by atoms with Crippen LogP contribution in [0.4, 0.5) is 0 Å². The molecule has 1 saturated carbocycles. The molecule has 1 aromatic rings. The average Bonchev–Trinajstić information content (AvgIpc) is 2.47. The highest BCUT2D eigenvalue weighted by Gasteiger charge is 2.24. The van der Waals surface area contributed by atoms with Crippen molar-refractivity contribution in [2.45, 2.75) is 25.7 Å². The average molecular weight is 452 g/mol. The van der Waals surface area contributed by atoms with E-state index in [2.05, 4.69) is 43.8 Å². The van der Waals surface area contributed by atoms with Crippen molar-refractivity contribution in [1.29, 1.82) is 0 Å². The Labute approximate surface area is 141 Å². The van der Waals surface area contributed by atoms with Crippen molar-refractivity contribution in [2.24, 2.45) is 11.8 Å². The molecule has 1 amide bonds. The molecule has 2 atom stereocenters. The molecule has 1 aliphatic rings. The van der Waals surface area contributed by atoms with E-state index in [-0.39, 0.29) is 11.7 Å². The van der Waals surface area contributed by atoms with Gasteiger partial charge in [-0.2, -0.15) is 0 Å². The second-order valence-electron chi connectivity index (χ2n) is 5.33. The predicted octanol–water partition coefficient (Wildman–Crippen LogP) is 3.93. The van der Waals surface area contributed by atoms with Gasteiger partial charge in [0, 0.05) is 15.4 Å². The number of phenolic OH excluding ortho intramolecular Hbond substituents is 1. The fourth-order valence-corrected chi connectivity index (χ4v) is 4.11. The number of halogens is 2. The Bertz CT molecular complexity index is 481. The van der Waals surface area contributed by atoms with Crippen molar-refractivity contribution >= 4 is 44.4 Å². The molecular formula is C15H19BrINO2. The topological polar surface area (TPSA) is 49.3 Å². The molecule has 0 aromatic heterocycles. The van der Waals surface area contributed by atoms with Crippen LogP contribution in [0.1, 0.15) is 36.0 Å². The van der Waals surface area contributed by atoms with Gasteiger partial charge in [-0.15, -0.1) is 0 Å². The van der Waals surface area contributed by atoms with Gasteiger partial charge in [0.05, 0.1) is 5.56 Å². The van der Waals surface area contributed by atoms with Crippen LogP contribution in [0.2, 0.25) is 0 Å². The maximum atomic E-state index is 12.2. The summed E-state index contributed by atoms with van der Waals surface area (Å²) in [5, 5.41) is 13.7. The minimum atomic E-state index is -0.181. The molecule has 3 nitrogen and oxygen atoms in total. The fraction of sp³-hybridized carbons (Fsp3) is 0.533. The number of aromatic hydroxyl groups is 1. The van der Waals surface area contributed by atoms with E-state index in [1.54, 1.807) is 18.2 Å². The van der Waals surface area contributed by atoms with Gasteiger partial charge in [-0.05, 0) is 65.5 Å². The Balaban J connectivity index is 1.96. The zero-order valence-corrected chi connectivity index (χ0v) is 15.0. The van der Waals surface area contributed by atoms with E-state index in [1.807, 2.05) is 0 Å². The second-order valence-corrected chi connectivity index (χ2v) is 7.22. The smallest absolute Gasteiger partial charge is 0.255 e. The molecule has 110 valence electrons. The lowest BCUT2D eigenvalue weighted by molar-refractivity contribution is 0.0934. The van der Waals surface area contributed by atoms with Crippen LogP contribution in [0.5, 0.6) is 5.75 Å². The van der Waals surface area contributed by atoms with Crippen molar-refractivity contribution in [1.82, 2.24) is 5.32 Å². The van der Waals surface area contributed by atoms with Crippen LogP contribution in [0.15, 0.2) is 18.2 Å². The van der Waals surface area contributed by atoms with Crippen LogP contribution in [0, 0.1) is 15.4 Å². The van der Waals surface area contributed by atoms with Gasteiger partial charge >= 0.3 is 0 Å². The standard InChI is InChI=1S/C15H19BrINO2/c16-8-10-3-1-2-4-11(10)9-18-15(20)13-7-12(17)5-6-14(13)19/h5-7,10-11,19H,1-4,8-9H2,(H,18,20). The molecule has 2 N–H and O–H groups in total. The Hall–Kier alpha value is -0.300. The molecule has 0 bridgehead atoms. The monoisotopic (exact) mass is 451 g/mol.